The third-order valence-corrected chi connectivity index (χ3v) is 3.30. The highest BCUT2D eigenvalue weighted by atomic mass is 16.4. The fraction of sp³-hybridized carbons (Fsp3) is 0.412. The molecule has 0 aliphatic rings. The molecule has 0 fully saturated rings. The number of benzene rings is 1. The number of hydrogen-bond donors (Lipinski definition) is 4. The Hall–Kier alpha value is -2.90. The van der Waals surface area contributed by atoms with E-state index in [1.165, 1.54) is 12.1 Å². The number of rotatable bonds is 9. The number of carbonyl (C=O) groups excluding carboxylic acids is 3. The van der Waals surface area contributed by atoms with Crippen LogP contribution in [0.25, 0.3) is 0 Å². The van der Waals surface area contributed by atoms with E-state index < -0.39 is 17.8 Å². The van der Waals surface area contributed by atoms with E-state index in [2.05, 4.69) is 16.2 Å². The summed E-state index contributed by atoms with van der Waals surface area (Å²) in [5.74, 6) is -2.02. The summed E-state index contributed by atoms with van der Waals surface area (Å²) < 4.78 is 0. The Labute approximate surface area is 146 Å². The first-order valence-corrected chi connectivity index (χ1v) is 8.13. The third kappa shape index (κ3) is 8.50. The van der Waals surface area contributed by atoms with Gasteiger partial charge in [0.25, 0.3) is 5.91 Å². The van der Waals surface area contributed by atoms with Crippen LogP contribution in [0, 0.1) is 0 Å². The molecule has 0 radical (unpaired) electrons. The minimum Gasteiger partial charge on any atom is -0.481 e. The molecule has 3 amide bonds. The molecule has 0 heterocycles. The summed E-state index contributed by atoms with van der Waals surface area (Å²) in [6.45, 7) is 2.01. The molecule has 8 heteroatoms. The Morgan fingerprint density at radius 1 is 0.880 bits per heavy atom. The van der Waals surface area contributed by atoms with Crippen LogP contribution in [0.5, 0.6) is 0 Å². The lowest BCUT2D eigenvalue weighted by molar-refractivity contribution is -0.137. The first-order chi connectivity index (χ1) is 11.9. The fourth-order valence-electron chi connectivity index (χ4n) is 1.93. The molecular formula is C17H23N3O5. The lowest BCUT2D eigenvalue weighted by Gasteiger charge is -2.08. The topological polar surface area (TPSA) is 125 Å². The molecule has 1 aromatic rings. The first-order valence-electron chi connectivity index (χ1n) is 8.13. The zero-order chi connectivity index (χ0) is 18.7. The molecule has 0 bridgehead atoms. The molecule has 136 valence electrons. The highest BCUT2D eigenvalue weighted by Gasteiger charge is 2.09. The second kappa shape index (κ2) is 10.8. The zero-order valence-corrected chi connectivity index (χ0v) is 14.1. The van der Waals surface area contributed by atoms with Crippen LogP contribution >= 0.6 is 0 Å². The number of carboxylic acid groups (broad SMARTS) is 1. The summed E-state index contributed by atoms with van der Waals surface area (Å²) in [6.07, 6.45) is 2.31. The number of anilines is 1. The van der Waals surface area contributed by atoms with Gasteiger partial charge >= 0.3 is 5.97 Å². The second-order valence-electron chi connectivity index (χ2n) is 5.48. The number of nitrogens with one attached hydrogen (secondary N) is 3. The monoisotopic (exact) mass is 349 g/mol. The van der Waals surface area contributed by atoms with Crippen molar-refractivity contribution in [1.82, 2.24) is 10.9 Å². The van der Waals surface area contributed by atoms with Crippen molar-refractivity contribution in [3.63, 3.8) is 0 Å². The average Bonchev–Trinajstić information content (AvgIpc) is 2.58. The predicted octanol–water partition coefficient (Wildman–Crippen LogP) is 1.83. The van der Waals surface area contributed by atoms with Gasteiger partial charge < -0.3 is 10.4 Å². The van der Waals surface area contributed by atoms with Crippen molar-refractivity contribution in [1.29, 1.82) is 0 Å². The van der Waals surface area contributed by atoms with Crippen LogP contribution in [-0.2, 0) is 14.4 Å². The van der Waals surface area contributed by atoms with Gasteiger partial charge in [-0.3, -0.25) is 30.0 Å². The Morgan fingerprint density at radius 3 is 2.12 bits per heavy atom. The molecule has 0 saturated carbocycles. The molecule has 0 aliphatic carbocycles. The number of carbonyl (C=O) groups is 4. The number of carboxylic acids is 1. The van der Waals surface area contributed by atoms with Crippen molar-refractivity contribution >= 4 is 29.4 Å². The minimum atomic E-state index is -0.973. The second-order valence-corrected chi connectivity index (χ2v) is 5.48. The summed E-state index contributed by atoms with van der Waals surface area (Å²) in [5.41, 5.74) is 5.39. The van der Waals surface area contributed by atoms with Crippen molar-refractivity contribution in [3.05, 3.63) is 29.8 Å². The van der Waals surface area contributed by atoms with Crippen LogP contribution in [0.2, 0.25) is 0 Å². The Bertz CT molecular complexity index is 613. The molecule has 0 saturated heterocycles. The number of aliphatic carboxylic acids is 1. The molecule has 4 N–H and O–H groups in total. The van der Waals surface area contributed by atoms with Crippen LogP contribution in [0.4, 0.5) is 5.69 Å². The smallest absolute Gasteiger partial charge is 0.303 e. The van der Waals surface area contributed by atoms with E-state index >= 15 is 0 Å². The van der Waals surface area contributed by atoms with E-state index in [0.29, 0.717) is 17.7 Å². The maximum absolute atomic E-state index is 11.9. The SMILES string of the molecule is CCCCC(=O)Nc1ccc(C(=O)NNC(=O)CCCC(=O)O)cc1. The fourth-order valence-corrected chi connectivity index (χ4v) is 1.93. The predicted molar refractivity (Wildman–Crippen MR) is 91.7 cm³/mol. The van der Waals surface area contributed by atoms with Gasteiger partial charge in [-0.25, -0.2) is 0 Å². The van der Waals surface area contributed by atoms with Crippen LogP contribution in [0.1, 0.15) is 55.8 Å². The zero-order valence-electron chi connectivity index (χ0n) is 14.1. The molecule has 0 atom stereocenters. The van der Waals surface area contributed by atoms with Gasteiger partial charge in [0.15, 0.2) is 0 Å². The van der Waals surface area contributed by atoms with Gasteiger partial charge in [-0.1, -0.05) is 13.3 Å². The van der Waals surface area contributed by atoms with Gasteiger partial charge in [-0.05, 0) is 37.1 Å². The molecule has 1 rings (SSSR count). The van der Waals surface area contributed by atoms with Crippen molar-refractivity contribution in [2.45, 2.75) is 45.4 Å². The summed E-state index contributed by atoms with van der Waals surface area (Å²) in [6, 6.07) is 6.27. The number of hydrogen-bond acceptors (Lipinski definition) is 4. The van der Waals surface area contributed by atoms with E-state index in [1.807, 2.05) is 6.92 Å². The Kier molecular flexibility index (Phi) is 8.70. The maximum Gasteiger partial charge on any atom is 0.303 e. The number of hydrazine groups is 1. The first kappa shape index (κ1) is 20.1. The van der Waals surface area contributed by atoms with Crippen LogP contribution in [0.3, 0.4) is 0 Å². The quantitative estimate of drug-likeness (QED) is 0.506. The Balaban J connectivity index is 2.39. The van der Waals surface area contributed by atoms with Gasteiger partial charge in [0.05, 0.1) is 0 Å². The van der Waals surface area contributed by atoms with Crippen LogP contribution < -0.4 is 16.2 Å². The molecular weight excluding hydrogens is 326 g/mol. The van der Waals surface area contributed by atoms with Gasteiger partial charge in [-0.2, -0.15) is 0 Å². The lowest BCUT2D eigenvalue weighted by Crippen LogP contribution is -2.41. The van der Waals surface area contributed by atoms with E-state index in [0.717, 1.165) is 12.8 Å². The average molecular weight is 349 g/mol. The summed E-state index contributed by atoms with van der Waals surface area (Å²) in [5, 5.41) is 11.2. The normalized spacial score (nSPS) is 9.96. The molecule has 0 unspecified atom stereocenters. The highest BCUT2D eigenvalue weighted by Crippen LogP contribution is 2.10. The molecule has 25 heavy (non-hydrogen) atoms. The van der Waals surface area contributed by atoms with Crippen molar-refractivity contribution in [3.8, 4) is 0 Å². The number of amides is 3. The van der Waals surface area contributed by atoms with Crippen LogP contribution in [-0.4, -0.2) is 28.8 Å². The lowest BCUT2D eigenvalue weighted by atomic mass is 10.2. The van der Waals surface area contributed by atoms with Crippen LogP contribution in [0.15, 0.2) is 24.3 Å². The largest absolute Gasteiger partial charge is 0.481 e. The molecule has 8 nitrogen and oxygen atoms in total. The molecule has 1 aromatic carbocycles. The standard InChI is InChI=1S/C17H23N3O5/c1-2-3-5-14(21)18-13-10-8-12(9-11-13)17(25)20-19-15(22)6-4-7-16(23)24/h8-11H,2-7H2,1H3,(H,18,21)(H,19,22)(H,20,25)(H,23,24). The van der Waals surface area contributed by atoms with Crippen molar-refractivity contribution in [2.24, 2.45) is 0 Å². The van der Waals surface area contributed by atoms with Gasteiger partial charge in [0.2, 0.25) is 11.8 Å². The van der Waals surface area contributed by atoms with Gasteiger partial charge in [0, 0.05) is 30.5 Å². The third-order valence-electron chi connectivity index (χ3n) is 3.30. The van der Waals surface area contributed by atoms with Crippen molar-refractivity contribution < 1.29 is 24.3 Å². The van der Waals surface area contributed by atoms with Gasteiger partial charge in [-0.15, -0.1) is 0 Å². The van der Waals surface area contributed by atoms with E-state index in [1.54, 1.807) is 12.1 Å². The van der Waals surface area contributed by atoms with E-state index in [9.17, 15) is 19.2 Å². The van der Waals surface area contributed by atoms with Gasteiger partial charge in [0.1, 0.15) is 0 Å². The summed E-state index contributed by atoms with van der Waals surface area (Å²) in [7, 11) is 0. The molecule has 0 aromatic heterocycles. The maximum atomic E-state index is 11.9. The highest BCUT2D eigenvalue weighted by molar-refractivity contribution is 5.96. The summed E-state index contributed by atoms with van der Waals surface area (Å²) in [4.78, 5) is 45.3. The van der Waals surface area contributed by atoms with E-state index in [4.69, 9.17) is 5.11 Å². The Morgan fingerprint density at radius 2 is 1.52 bits per heavy atom. The summed E-state index contributed by atoms with van der Waals surface area (Å²) >= 11 is 0. The van der Waals surface area contributed by atoms with E-state index in [-0.39, 0.29) is 25.2 Å². The van der Waals surface area contributed by atoms with Crippen molar-refractivity contribution in [2.75, 3.05) is 5.32 Å². The molecule has 0 aliphatic heterocycles. The minimum absolute atomic E-state index is 0.00924. The molecule has 0 spiro atoms. The number of unbranched alkanes of at least 4 members (excludes halogenated alkanes) is 1.